The average molecular weight is 395 g/mol. The number of nitrogens with two attached hydrogens (primary N) is 1. The molecule has 27 heavy (non-hydrogen) atoms. The Morgan fingerprint density at radius 3 is 2.52 bits per heavy atom. The smallest absolute Gasteiger partial charge is 0.227 e. The van der Waals surface area contributed by atoms with Crippen molar-refractivity contribution in [1.82, 2.24) is 4.90 Å². The Bertz CT molecular complexity index is 689. The maximum Gasteiger partial charge on any atom is 0.227 e. The Kier molecular flexibility index (Phi) is 6.88. The van der Waals surface area contributed by atoms with Crippen LogP contribution < -0.4 is 5.73 Å². The van der Waals surface area contributed by atoms with Gasteiger partial charge < -0.3 is 10.6 Å². The number of benzene rings is 1. The second-order valence-corrected chi connectivity index (χ2v) is 8.40. The first-order valence-corrected chi connectivity index (χ1v) is 10.3. The SMILES string of the molecule is N[C@H]1CCCC[C@@H]1C(=O)N1CCC(CC(=O)Cc2ccc(F)c(Cl)c2)CC1. The topological polar surface area (TPSA) is 63.4 Å². The van der Waals surface area contributed by atoms with Crippen LogP contribution in [-0.4, -0.2) is 35.7 Å². The molecule has 148 valence electrons. The fourth-order valence-corrected chi connectivity index (χ4v) is 4.53. The van der Waals surface area contributed by atoms with Crippen molar-refractivity contribution in [1.29, 1.82) is 0 Å². The fraction of sp³-hybridized carbons (Fsp3) is 0.619. The van der Waals surface area contributed by atoms with Crippen molar-refractivity contribution in [2.75, 3.05) is 13.1 Å². The van der Waals surface area contributed by atoms with Crippen LogP contribution in [0.25, 0.3) is 0 Å². The van der Waals surface area contributed by atoms with Gasteiger partial charge in [0.25, 0.3) is 0 Å². The van der Waals surface area contributed by atoms with Crippen LogP contribution in [0.5, 0.6) is 0 Å². The van der Waals surface area contributed by atoms with Gasteiger partial charge in [-0.15, -0.1) is 0 Å². The van der Waals surface area contributed by atoms with Crippen LogP contribution in [0.3, 0.4) is 0 Å². The molecule has 1 aliphatic heterocycles. The number of Topliss-reactive ketones (excluding diaryl/α,β-unsaturated/α-hetero) is 1. The van der Waals surface area contributed by atoms with Gasteiger partial charge in [0, 0.05) is 32.0 Å². The quantitative estimate of drug-likeness (QED) is 0.827. The van der Waals surface area contributed by atoms with E-state index in [1.165, 1.54) is 12.1 Å². The molecule has 1 aromatic carbocycles. The van der Waals surface area contributed by atoms with Crippen molar-refractivity contribution >= 4 is 23.3 Å². The van der Waals surface area contributed by atoms with Crippen molar-refractivity contribution in [3.8, 4) is 0 Å². The summed E-state index contributed by atoms with van der Waals surface area (Å²) in [6.07, 6.45) is 6.52. The highest BCUT2D eigenvalue weighted by atomic mass is 35.5. The third-order valence-electron chi connectivity index (χ3n) is 5.96. The Labute approximate surface area is 165 Å². The molecule has 2 fully saturated rings. The highest BCUT2D eigenvalue weighted by molar-refractivity contribution is 6.30. The first-order chi connectivity index (χ1) is 12.9. The number of ketones is 1. The van der Waals surface area contributed by atoms with Gasteiger partial charge in [-0.2, -0.15) is 0 Å². The lowest BCUT2D eigenvalue weighted by Crippen LogP contribution is -2.48. The molecule has 0 spiro atoms. The first kappa shape index (κ1) is 20.3. The van der Waals surface area contributed by atoms with Gasteiger partial charge in [-0.3, -0.25) is 9.59 Å². The van der Waals surface area contributed by atoms with Gasteiger partial charge in [0.05, 0.1) is 10.9 Å². The minimum atomic E-state index is -0.470. The molecule has 1 aromatic rings. The average Bonchev–Trinajstić information content (AvgIpc) is 2.65. The Balaban J connectivity index is 1.45. The number of piperidine rings is 1. The van der Waals surface area contributed by atoms with E-state index < -0.39 is 5.82 Å². The summed E-state index contributed by atoms with van der Waals surface area (Å²) in [6.45, 7) is 1.42. The van der Waals surface area contributed by atoms with E-state index in [2.05, 4.69) is 0 Å². The van der Waals surface area contributed by atoms with Crippen LogP contribution in [-0.2, 0) is 16.0 Å². The summed E-state index contributed by atoms with van der Waals surface area (Å²) in [5, 5.41) is 0.0491. The van der Waals surface area contributed by atoms with Crippen molar-refractivity contribution < 1.29 is 14.0 Å². The fourth-order valence-electron chi connectivity index (χ4n) is 4.33. The number of likely N-dealkylation sites (tertiary alicyclic amines) is 1. The molecule has 6 heteroatoms. The Morgan fingerprint density at radius 1 is 1.15 bits per heavy atom. The number of carbonyl (C=O) groups is 2. The summed E-state index contributed by atoms with van der Waals surface area (Å²) in [5.41, 5.74) is 6.89. The third kappa shape index (κ3) is 5.29. The van der Waals surface area contributed by atoms with E-state index in [1.54, 1.807) is 6.07 Å². The zero-order valence-corrected chi connectivity index (χ0v) is 16.4. The molecule has 2 atom stereocenters. The maximum atomic E-state index is 13.2. The summed E-state index contributed by atoms with van der Waals surface area (Å²) in [4.78, 5) is 27.0. The predicted molar refractivity (Wildman–Crippen MR) is 104 cm³/mol. The summed E-state index contributed by atoms with van der Waals surface area (Å²) >= 11 is 5.78. The molecular formula is C21H28ClFN2O2. The number of carbonyl (C=O) groups excluding carboxylic acids is 2. The molecule has 3 rings (SSSR count). The van der Waals surface area contributed by atoms with E-state index in [0.29, 0.717) is 25.4 Å². The molecule has 2 aliphatic rings. The van der Waals surface area contributed by atoms with Gasteiger partial charge in [0.1, 0.15) is 11.6 Å². The molecule has 0 unspecified atom stereocenters. The van der Waals surface area contributed by atoms with E-state index in [4.69, 9.17) is 17.3 Å². The molecular weight excluding hydrogens is 367 g/mol. The van der Waals surface area contributed by atoms with Crippen molar-refractivity contribution in [3.63, 3.8) is 0 Å². The number of hydrogen-bond donors (Lipinski definition) is 1. The zero-order chi connectivity index (χ0) is 19.4. The van der Waals surface area contributed by atoms with Crippen LogP contribution in [0, 0.1) is 17.7 Å². The zero-order valence-electron chi connectivity index (χ0n) is 15.6. The van der Waals surface area contributed by atoms with Gasteiger partial charge in [-0.05, 0) is 49.3 Å². The van der Waals surface area contributed by atoms with Crippen molar-refractivity contribution in [2.24, 2.45) is 17.6 Å². The molecule has 0 aromatic heterocycles. The lowest BCUT2D eigenvalue weighted by Gasteiger charge is -2.37. The van der Waals surface area contributed by atoms with Crippen molar-refractivity contribution in [3.05, 3.63) is 34.6 Å². The molecule has 0 bridgehead atoms. The second kappa shape index (κ2) is 9.16. The lowest BCUT2D eigenvalue weighted by atomic mass is 9.83. The number of rotatable bonds is 5. The van der Waals surface area contributed by atoms with Crippen LogP contribution >= 0.6 is 11.6 Å². The number of nitrogens with zero attached hydrogens (tertiary/aromatic N) is 1. The Hall–Kier alpha value is -1.46. The van der Waals surface area contributed by atoms with E-state index in [0.717, 1.165) is 44.1 Å². The lowest BCUT2D eigenvalue weighted by molar-refractivity contribution is -0.138. The van der Waals surface area contributed by atoms with Gasteiger partial charge in [-0.25, -0.2) is 4.39 Å². The maximum absolute atomic E-state index is 13.2. The van der Waals surface area contributed by atoms with Crippen LogP contribution in [0.15, 0.2) is 18.2 Å². The van der Waals surface area contributed by atoms with Crippen LogP contribution in [0.2, 0.25) is 5.02 Å². The second-order valence-electron chi connectivity index (χ2n) is 7.99. The molecule has 1 saturated carbocycles. The molecule has 1 saturated heterocycles. The van der Waals surface area contributed by atoms with Gasteiger partial charge >= 0.3 is 0 Å². The third-order valence-corrected chi connectivity index (χ3v) is 6.25. The van der Waals surface area contributed by atoms with Gasteiger partial charge in [0.2, 0.25) is 5.91 Å². The highest BCUT2D eigenvalue weighted by Gasteiger charge is 2.33. The standard InChI is InChI=1S/C21H28ClFN2O2/c22-18-13-15(5-6-19(18)23)12-16(26)11-14-7-9-25(10-8-14)21(27)17-3-1-2-4-20(17)24/h5-6,13-14,17,20H,1-4,7-12,24H2/t17-,20-/m0/s1. The highest BCUT2D eigenvalue weighted by Crippen LogP contribution is 2.28. The Morgan fingerprint density at radius 2 is 1.85 bits per heavy atom. The molecule has 0 radical (unpaired) electrons. The van der Waals surface area contributed by atoms with E-state index in [9.17, 15) is 14.0 Å². The molecule has 1 aliphatic carbocycles. The molecule has 2 N–H and O–H groups in total. The summed E-state index contributed by atoms with van der Waals surface area (Å²) in [6, 6.07) is 4.41. The van der Waals surface area contributed by atoms with Gasteiger partial charge in [-0.1, -0.05) is 30.5 Å². The van der Waals surface area contributed by atoms with Crippen LogP contribution in [0.1, 0.15) is 50.5 Å². The van der Waals surface area contributed by atoms with E-state index in [-0.39, 0.29) is 35.1 Å². The summed E-state index contributed by atoms with van der Waals surface area (Å²) < 4.78 is 13.2. The minimum absolute atomic E-state index is 0.00640. The number of amides is 1. The molecule has 1 heterocycles. The number of halogens is 2. The molecule has 4 nitrogen and oxygen atoms in total. The summed E-state index contributed by atoms with van der Waals surface area (Å²) in [5.74, 6) is 0.143. The number of hydrogen-bond acceptors (Lipinski definition) is 3. The van der Waals surface area contributed by atoms with Gasteiger partial charge in [0.15, 0.2) is 0 Å². The van der Waals surface area contributed by atoms with E-state index in [1.807, 2.05) is 4.90 Å². The van der Waals surface area contributed by atoms with Crippen molar-refractivity contribution in [2.45, 2.75) is 57.4 Å². The normalized spacial score (nSPS) is 24.0. The predicted octanol–water partition coefficient (Wildman–Crippen LogP) is 3.74. The molecule has 1 amide bonds. The minimum Gasteiger partial charge on any atom is -0.342 e. The monoisotopic (exact) mass is 394 g/mol. The largest absolute Gasteiger partial charge is 0.342 e. The van der Waals surface area contributed by atoms with E-state index >= 15 is 0 Å². The van der Waals surface area contributed by atoms with Crippen LogP contribution in [0.4, 0.5) is 4.39 Å². The first-order valence-electron chi connectivity index (χ1n) is 9.94. The summed E-state index contributed by atoms with van der Waals surface area (Å²) in [7, 11) is 0.